The molecule has 1 amide bonds. The number of para-hydroxylation sites is 2. The largest absolute Gasteiger partial charge is 0.493 e. The Morgan fingerprint density at radius 2 is 2.12 bits per heavy atom. The van der Waals surface area contributed by atoms with E-state index in [0.717, 1.165) is 26.1 Å². The number of ether oxygens (including phenoxy) is 2. The first kappa shape index (κ1) is 18.7. The molecule has 6 heteroatoms. The van der Waals surface area contributed by atoms with Crippen LogP contribution in [0, 0.1) is 5.92 Å². The highest BCUT2D eigenvalue weighted by Gasteiger charge is 2.20. The molecule has 1 aromatic carbocycles. The van der Waals surface area contributed by atoms with E-state index in [0.29, 0.717) is 24.0 Å². The number of likely N-dealkylation sites (tertiary alicyclic amines) is 1. The maximum absolute atomic E-state index is 12.1. The predicted molar refractivity (Wildman–Crippen MR) is 104 cm³/mol. The van der Waals surface area contributed by atoms with Gasteiger partial charge in [-0.05, 0) is 48.9 Å². The molecule has 1 unspecified atom stereocenters. The van der Waals surface area contributed by atoms with Crippen molar-refractivity contribution in [3.8, 4) is 11.5 Å². The number of amides is 1. The molecule has 1 N–H and O–H groups in total. The van der Waals surface area contributed by atoms with E-state index in [4.69, 9.17) is 9.47 Å². The molecule has 1 fully saturated rings. The number of thiophene rings is 1. The van der Waals surface area contributed by atoms with Gasteiger partial charge in [0.25, 0.3) is 5.91 Å². The third-order valence-electron chi connectivity index (χ3n) is 4.58. The first-order valence-corrected chi connectivity index (χ1v) is 9.90. The van der Waals surface area contributed by atoms with Crippen LogP contribution in [0.25, 0.3) is 0 Å². The van der Waals surface area contributed by atoms with Crippen LogP contribution in [0.3, 0.4) is 0 Å². The Morgan fingerprint density at radius 1 is 1.27 bits per heavy atom. The summed E-state index contributed by atoms with van der Waals surface area (Å²) in [5.74, 6) is 1.63. The zero-order valence-electron chi connectivity index (χ0n) is 15.1. The topological polar surface area (TPSA) is 50.8 Å². The number of methoxy groups -OCH3 is 1. The van der Waals surface area contributed by atoms with E-state index in [2.05, 4.69) is 27.7 Å². The average molecular weight is 375 g/mol. The molecule has 5 nitrogen and oxygen atoms in total. The molecule has 1 saturated heterocycles. The highest BCUT2D eigenvalue weighted by atomic mass is 32.1. The quantitative estimate of drug-likeness (QED) is 0.771. The van der Waals surface area contributed by atoms with Gasteiger partial charge in [0.2, 0.25) is 0 Å². The van der Waals surface area contributed by atoms with Crippen molar-refractivity contribution in [3.05, 3.63) is 46.7 Å². The monoisotopic (exact) mass is 374 g/mol. The van der Waals surface area contributed by atoms with Crippen molar-refractivity contribution in [3.63, 3.8) is 0 Å². The van der Waals surface area contributed by atoms with Crippen LogP contribution in [0.1, 0.15) is 17.7 Å². The third kappa shape index (κ3) is 5.47. The third-order valence-corrected chi connectivity index (χ3v) is 5.44. The van der Waals surface area contributed by atoms with Crippen LogP contribution in [0.15, 0.2) is 41.8 Å². The van der Waals surface area contributed by atoms with Crippen molar-refractivity contribution in [2.24, 2.45) is 5.92 Å². The Bertz CT molecular complexity index is 690. The lowest BCUT2D eigenvalue weighted by Gasteiger charge is -2.32. The van der Waals surface area contributed by atoms with E-state index in [1.165, 1.54) is 11.3 Å². The lowest BCUT2D eigenvalue weighted by molar-refractivity contribution is -0.123. The molecule has 3 rings (SSSR count). The summed E-state index contributed by atoms with van der Waals surface area (Å²) < 4.78 is 10.8. The SMILES string of the molecule is COc1ccccc1OCC(=O)NCC1CCCN(Cc2cccs2)C1. The van der Waals surface area contributed by atoms with Crippen LogP contribution in [0.2, 0.25) is 0 Å². The van der Waals surface area contributed by atoms with Crippen molar-refractivity contribution in [1.29, 1.82) is 0 Å². The van der Waals surface area contributed by atoms with E-state index in [1.54, 1.807) is 24.5 Å². The Kier molecular flexibility index (Phi) is 6.91. The number of benzene rings is 1. The fourth-order valence-corrected chi connectivity index (χ4v) is 4.02. The molecule has 1 aliphatic heterocycles. The van der Waals surface area contributed by atoms with Gasteiger partial charge in [-0.2, -0.15) is 0 Å². The number of rotatable bonds is 8. The van der Waals surface area contributed by atoms with Gasteiger partial charge in [0.05, 0.1) is 7.11 Å². The standard InChI is InChI=1S/C20H26N2O3S/c1-24-18-8-2-3-9-19(18)25-15-20(23)21-12-16-6-4-10-22(13-16)14-17-7-5-11-26-17/h2-3,5,7-9,11,16H,4,6,10,12-15H2,1H3,(H,21,23). The van der Waals surface area contributed by atoms with Crippen molar-refractivity contribution in [2.75, 3.05) is 33.4 Å². The summed E-state index contributed by atoms with van der Waals surface area (Å²) in [6, 6.07) is 11.6. The Morgan fingerprint density at radius 3 is 2.88 bits per heavy atom. The average Bonchev–Trinajstić information content (AvgIpc) is 3.18. The van der Waals surface area contributed by atoms with Crippen molar-refractivity contribution in [1.82, 2.24) is 10.2 Å². The van der Waals surface area contributed by atoms with Crippen LogP contribution in [0.5, 0.6) is 11.5 Å². The highest BCUT2D eigenvalue weighted by Crippen LogP contribution is 2.25. The minimum Gasteiger partial charge on any atom is -0.493 e. The van der Waals surface area contributed by atoms with E-state index >= 15 is 0 Å². The molecule has 0 saturated carbocycles. The second-order valence-corrected chi connectivity index (χ2v) is 7.60. The lowest BCUT2D eigenvalue weighted by Crippen LogP contribution is -2.41. The van der Waals surface area contributed by atoms with Gasteiger partial charge in [0, 0.05) is 24.5 Å². The van der Waals surface area contributed by atoms with E-state index in [-0.39, 0.29) is 12.5 Å². The van der Waals surface area contributed by atoms with Crippen LogP contribution in [-0.2, 0) is 11.3 Å². The molecule has 140 valence electrons. The smallest absolute Gasteiger partial charge is 0.257 e. The van der Waals surface area contributed by atoms with Gasteiger partial charge in [-0.15, -0.1) is 11.3 Å². The van der Waals surface area contributed by atoms with Crippen molar-refractivity contribution >= 4 is 17.2 Å². The number of nitrogens with zero attached hydrogens (tertiary/aromatic N) is 1. The molecule has 0 bridgehead atoms. The van der Waals surface area contributed by atoms with Gasteiger partial charge in [-0.1, -0.05) is 18.2 Å². The molecular formula is C20H26N2O3S. The highest BCUT2D eigenvalue weighted by molar-refractivity contribution is 7.09. The summed E-state index contributed by atoms with van der Waals surface area (Å²) in [6.07, 6.45) is 2.35. The summed E-state index contributed by atoms with van der Waals surface area (Å²) in [5, 5.41) is 5.13. The first-order chi connectivity index (χ1) is 12.7. The van der Waals surface area contributed by atoms with Crippen LogP contribution in [0.4, 0.5) is 0 Å². The first-order valence-electron chi connectivity index (χ1n) is 9.02. The van der Waals surface area contributed by atoms with Gasteiger partial charge < -0.3 is 14.8 Å². The number of hydrogen-bond donors (Lipinski definition) is 1. The van der Waals surface area contributed by atoms with Gasteiger partial charge in [-0.3, -0.25) is 9.69 Å². The van der Waals surface area contributed by atoms with Crippen LogP contribution < -0.4 is 14.8 Å². The summed E-state index contributed by atoms with van der Waals surface area (Å²) in [6.45, 7) is 3.89. The molecule has 2 heterocycles. The molecule has 1 atom stereocenters. The maximum Gasteiger partial charge on any atom is 0.257 e. The van der Waals surface area contributed by atoms with Gasteiger partial charge in [0.1, 0.15) is 0 Å². The summed E-state index contributed by atoms with van der Waals surface area (Å²) >= 11 is 1.81. The van der Waals surface area contributed by atoms with Crippen LogP contribution in [-0.4, -0.2) is 44.2 Å². The number of carbonyl (C=O) groups is 1. The molecule has 0 aliphatic carbocycles. The molecule has 1 aromatic heterocycles. The minimum absolute atomic E-state index is 0.00596. The van der Waals surface area contributed by atoms with E-state index in [9.17, 15) is 4.79 Å². The molecule has 1 aliphatic rings. The maximum atomic E-state index is 12.1. The minimum atomic E-state index is -0.0914. The Hall–Kier alpha value is -2.05. The Labute approximate surface area is 158 Å². The predicted octanol–water partition coefficient (Wildman–Crippen LogP) is 3.16. The lowest BCUT2D eigenvalue weighted by atomic mass is 9.98. The second-order valence-electron chi connectivity index (χ2n) is 6.57. The summed E-state index contributed by atoms with van der Waals surface area (Å²) in [4.78, 5) is 16.0. The fraction of sp³-hybridized carbons (Fsp3) is 0.450. The molecular weight excluding hydrogens is 348 g/mol. The van der Waals surface area contributed by atoms with Gasteiger partial charge >= 0.3 is 0 Å². The van der Waals surface area contributed by atoms with Crippen molar-refractivity contribution < 1.29 is 14.3 Å². The fourth-order valence-electron chi connectivity index (χ4n) is 3.27. The molecule has 0 spiro atoms. The number of carbonyl (C=O) groups excluding carboxylic acids is 1. The Balaban J connectivity index is 1.39. The normalized spacial score (nSPS) is 17.7. The number of nitrogens with one attached hydrogen (secondary N) is 1. The zero-order valence-corrected chi connectivity index (χ0v) is 16.0. The number of piperidine rings is 1. The second kappa shape index (κ2) is 9.59. The summed E-state index contributed by atoms with van der Waals surface area (Å²) in [5.41, 5.74) is 0. The number of hydrogen-bond acceptors (Lipinski definition) is 5. The molecule has 2 aromatic rings. The van der Waals surface area contributed by atoms with Crippen LogP contribution >= 0.6 is 11.3 Å². The van der Waals surface area contributed by atoms with E-state index in [1.807, 2.05) is 18.2 Å². The molecule has 0 radical (unpaired) electrons. The summed E-state index contributed by atoms with van der Waals surface area (Å²) in [7, 11) is 1.59. The molecule has 26 heavy (non-hydrogen) atoms. The zero-order chi connectivity index (χ0) is 18.2. The van der Waals surface area contributed by atoms with Crippen molar-refractivity contribution in [2.45, 2.75) is 19.4 Å². The van der Waals surface area contributed by atoms with Gasteiger partial charge in [-0.25, -0.2) is 0 Å². The van der Waals surface area contributed by atoms with Gasteiger partial charge in [0.15, 0.2) is 18.1 Å². The van der Waals surface area contributed by atoms with E-state index < -0.39 is 0 Å².